The Morgan fingerprint density at radius 1 is 1.43 bits per heavy atom. The summed E-state index contributed by atoms with van der Waals surface area (Å²) in [6.45, 7) is 0.842. The van der Waals surface area contributed by atoms with Crippen molar-refractivity contribution in [1.29, 1.82) is 0 Å². The Kier molecular flexibility index (Phi) is 3.29. The quantitative estimate of drug-likeness (QED) is 0.797. The van der Waals surface area contributed by atoms with E-state index in [0.717, 1.165) is 12.8 Å². The lowest BCUT2D eigenvalue weighted by molar-refractivity contribution is -0.133. The summed E-state index contributed by atoms with van der Waals surface area (Å²) >= 11 is 0. The highest BCUT2D eigenvalue weighted by Gasteiger charge is 2.32. The first-order valence-corrected chi connectivity index (χ1v) is 7.48. The first kappa shape index (κ1) is 13.9. The molecule has 1 atom stereocenters. The van der Waals surface area contributed by atoms with Crippen molar-refractivity contribution in [2.45, 2.75) is 25.4 Å². The van der Waals surface area contributed by atoms with Gasteiger partial charge in [-0.05, 0) is 31.0 Å². The Balaban J connectivity index is 1.59. The van der Waals surface area contributed by atoms with E-state index in [1.165, 1.54) is 29.5 Å². The topological polar surface area (TPSA) is 79.7 Å². The summed E-state index contributed by atoms with van der Waals surface area (Å²) in [5, 5.41) is 3.96. The average molecular weight is 314 g/mol. The van der Waals surface area contributed by atoms with Gasteiger partial charge in [-0.15, -0.1) is 0 Å². The van der Waals surface area contributed by atoms with Gasteiger partial charge in [-0.3, -0.25) is 4.79 Å². The standard InChI is InChI=1S/C15H15FN6O/c16-10-3-4-11-12(6-10)20-15(19-11)13-2-1-5-22(13)14(23)7-21-9-17-8-18-21/h3-4,6,8-9,13H,1-2,5,7H2,(H,19,20)/t13-/m1/s1. The zero-order valence-electron chi connectivity index (χ0n) is 12.3. The molecule has 0 unspecified atom stereocenters. The normalized spacial score (nSPS) is 18.0. The van der Waals surface area contributed by atoms with Crippen LogP contribution < -0.4 is 0 Å². The predicted molar refractivity (Wildman–Crippen MR) is 79.8 cm³/mol. The van der Waals surface area contributed by atoms with Crippen molar-refractivity contribution in [3.63, 3.8) is 0 Å². The molecule has 1 aromatic carbocycles. The fourth-order valence-electron chi connectivity index (χ4n) is 3.05. The molecule has 1 N–H and O–H groups in total. The van der Waals surface area contributed by atoms with Crippen molar-refractivity contribution in [2.75, 3.05) is 6.54 Å². The molecule has 4 rings (SSSR count). The minimum absolute atomic E-state index is 0.0235. The minimum Gasteiger partial charge on any atom is -0.340 e. The molecule has 1 fully saturated rings. The largest absolute Gasteiger partial charge is 0.340 e. The Hall–Kier alpha value is -2.77. The minimum atomic E-state index is -0.307. The number of likely N-dealkylation sites (tertiary alicyclic amines) is 1. The summed E-state index contributed by atoms with van der Waals surface area (Å²) in [7, 11) is 0. The second kappa shape index (κ2) is 5.45. The van der Waals surface area contributed by atoms with Crippen LogP contribution >= 0.6 is 0 Å². The maximum absolute atomic E-state index is 13.3. The summed E-state index contributed by atoms with van der Waals surface area (Å²) in [5.74, 6) is 0.373. The third-order valence-electron chi connectivity index (χ3n) is 4.11. The Morgan fingerprint density at radius 2 is 2.35 bits per heavy atom. The number of carbonyl (C=O) groups excluding carboxylic acids is 1. The number of nitrogens with one attached hydrogen (secondary N) is 1. The number of benzene rings is 1. The van der Waals surface area contributed by atoms with Gasteiger partial charge in [0.25, 0.3) is 0 Å². The first-order chi connectivity index (χ1) is 11.2. The van der Waals surface area contributed by atoms with E-state index >= 15 is 0 Å². The van der Waals surface area contributed by atoms with Gasteiger partial charge in [0.05, 0.1) is 17.1 Å². The number of aromatic nitrogens is 5. The molecule has 0 saturated carbocycles. The molecule has 2 aromatic heterocycles. The first-order valence-electron chi connectivity index (χ1n) is 7.48. The fraction of sp³-hybridized carbons (Fsp3) is 0.333. The number of H-pyrrole nitrogens is 1. The van der Waals surface area contributed by atoms with Gasteiger partial charge in [-0.2, -0.15) is 5.10 Å². The second-order valence-corrected chi connectivity index (χ2v) is 5.62. The van der Waals surface area contributed by atoms with E-state index in [2.05, 4.69) is 20.1 Å². The number of aromatic amines is 1. The molecule has 1 aliphatic heterocycles. The van der Waals surface area contributed by atoms with Crippen molar-refractivity contribution < 1.29 is 9.18 Å². The number of halogens is 1. The summed E-state index contributed by atoms with van der Waals surface area (Å²) in [6.07, 6.45) is 4.68. The zero-order valence-corrected chi connectivity index (χ0v) is 12.3. The molecule has 7 nitrogen and oxygen atoms in total. The van der Waals surface area contributed by atoms with Gasteiger partial charge in [-0.25, -0.2) is 19.0 Å². The van der Waals surface area contributed by atoms with Crippen molar-refractivity contribution in [1.82, 2.24) is 29.6 Å². The number of rotatable bonds is 3. The molecular weight excluding hydrogens is 299 g/mol. The SMILES string of the molecule is O=C(Cn1cncn1)N1CCC[C@@H]1c1nc2ccc(F)cc2[nH]1. The number of imidazole rings is 1. The number of nitrogens with zero attached hydrogens (tertiary/aromatic N) is 5. The number of amides is 1. The van der Waals surface area contributed by atoms with Gasteiger partial charge >= 0.3 is 0 Å². The number of carbonyl (C=O) groups is 1. The van der Waals surface area contributed by atoms with Crippen LogP contribution in [0.1, 0.15) is 24.7 Å². The van der Waals surface area contributed by atoms with E-state index in [-0.39, 0.29) is 24.3 Å². The highest BCUT2D eigenvalue weighted by atomic mass is 19.1. The highest BCUT2D eigenvalue weighted by Crippen LogP contribution is 2.31. The lowest BCUT2D eigenvalue weighted by atomic mass is 10.2. The Bertz CT molecular complexity index is 843. The van der Waals surface area contributed by atoms with Crippen molar-refractivity contribution >= 4 is 16.9 Å². The molecule has 0 spiro atoms. The van der Waals surface area contributed by atoms with Gasteiger partial charge < -0.3 is 9.88 Å². The molecular formula is C15H15FN6O. The van der Waals surface area contributed by atoms with Crippen LogP contribution in [0.2, 0.25) is 0 Å². The molecule has 1 amide bonds. The molecule has 23 heavy (non-hydrogen) atoms. The summed E-state index contributed by atoms with van der Waals surface area (Å²) in [6, 6.07) is 4.33. The van der Waals surface area contributed by atoms with Gasteiger partial charge in [0, 0.05) is 6.54 Å². The van der Waals surface area contributed by atoms with Crippen molar-refractivity contribution in [3.05, 3.63) is 42.5 Å². The summed E-state index contributed by atoms with van der Waals surface area (Å²) in [4.78, 5) is 25.8. The van der Waals surface area contributed by atoms with E-state index in [9.17, 15) is 9.18 Å². The van der Waals surface area contributed by atoms with E-state index in [1.54, 1.807) is 11.0 Å². The lowest BCUT2D eigenvalue weighted by Crippen LogP contribution is -2.34. The van der Waals surface area contributed by atoms with Gasteiger partial charge in [-0.1, -0.05) is 0 Å². The van der Waals surface area contributed by atoms with Crippen LogP contribution in [-0.2, 0) is 11.3 Å². The van der Waals surface area contributed by atoms with Crippen LogP contribution in [-0.4, -0.2) is 42.1 Å². The Labute approximate surface area is 131 Å². The van der Waals surface area contributed by atoms with Crippen molar-refractivity contribution in [2.24, 2.45) is 0 Å². The van der Waals surface area contributed by atoms with E-state index in [1.807, 2.05) is 0 Å². The van der Waals surface area contributed by atoms with E-state index in [4.69, 9.17) is 0 Å². The molecule has 1 aliphatic rings. The fourth-order valence-corrected chi connectivity index (χ4v) is 3.05. The lowest BCUT2D eigenvalue weighted by Gasteiger charge is -2.23. The maximum Gasteiger partial charge on any atom is 0.244 e. The van der Waals surface area contributed by atoms with Crippen LogP contribution in [0.5, 0.6) is 0 Å². The third-order valence-corrected chi connectivity index (χ3v) is 4.11. The number of fused-ring (bicyclic) bond motifs is 1. The van der Waals surface area contributed by atoms with Gasteiger partial charge in [0.15, 0.2) is 0 Å². The van der Waals surface area contributed by atoms with Crippen molar-refractivity contribution in [3.8, 4) is 0 Å². The van der Waals surface area contributed by atoms with E-state index in [0.29, 0.717) is 23.4 Å². The maximum atomic E-state index is 13.3. The molecule has 3 heterocycles. The second-order valence-electron chi connectivity index (χ2n) is 5.62. The van der Waals surface area contributed by atoms with Crippen LogP contribution in [0.25, 0.3) is 11.0 Å². The summed E-state index contributed by atoms with van der Waals surface area (Å²) in [5.41, 5.74) is 1.35. The molecule has 118 valence electrons. The molecule has 8 heteroatoms. The van der Waals surface area contributed by atoms with Crippen LogP contribution in [0, 0.1) is 5.82 Å². The summed E-state index contributed by atoms with van der Waals surface area (Å²) < 4.78 is 14.8. The molecule has 0 aliphatic carbocycles. The Morgan fingerprint density at radius 3 is 3.17 bits per heavy atom. The predicted octanol–water partition coefficient (Wildman–Crippen LogP) is 1.66. The highest BCUT2D eigenvalue weighted by molar-refractivity contribution is 5.78. The van der Waals surface area contributed by atoms with Crippen LogP contribution in [0.15, 0.2) is 30.9 Å². The van der Waals surface area contributed by atoms with Gasteiger partial charge in [0.1, 0.15) is 30.8 Å². The molecule has 3 aromatic rings. The monoisotopic (exact) mass is 314 g/mol. The molecule has 0 radical (unpaired) electrons. The molecule has 1 saturated heterocycles. The van der Waals surface area contributed by atoms with Crippen LogP contribution in [0.3, 0.4) is 0 Å². The molecule has 0 bridgehead atoms. The van der Waals surface area contributed by atoms with E-state index < -0.39 is 0 Å². The zero-order chi connectivity index (χ0) is 15.8. The number of hydrogen-bond donors (Lipinski definition) is 1. The average Bonchev–Trinajstić information content (AvgIpc) is 3.26. The number of hydrogen-bond acceptors (Lipinski definition) is 4. The van der Waals surface area contributed by atoms with Crippen LogP contribution in [0.4, 0.5) is 4.39 Å². The third kappa shape index (κ3) is 2.56. The smallest absolute Gasteiger partial charge is 0.244 e. The van der Waals surface area contributed by atoms with Gasteiger partial charge in [0.2, 0.25) is 5.91 Å².